The van der Waals surface area contributed by atoms with Gasteiger partial charge in [-0.25, -0.2) is 8.78 Å². The number of H-pyrrole nitrogens is 1. The zero-order valence-corrected chi connectivity index (χ0v) is 12.0. The Balaban J connectivity index is 1.80. The van der Waals surface area contributed by atoms with Crippen LogP contribution >= 0.6 is 0 Å². The summed E-state index contributed by atoms with van der Waals surface area (Å²) >= 11 is 0. The van der Waals surface area contributed by atoms with Crippen LogP contribution in [0.1, 0.15) is 11.3 Å². The Bertz CT molecular complexity index is 995. The molecule has 0 aliphatic rings. The van der Waals surface area contributed by atoms with Crippen LogP contribution in [0.2, 0.25) is 0 Å². The largest absolute Gasteiger partial charge is 0.358 e. The first-order valence-corrected chi connectivity index (χ1v) is 7.11. The van der Waals surface area contributed by atoms with E-state index in [0.717, 1.165) is 27.5 Å². The molecule has 0 aliphatic heterocycles. The Kier molecular flexibility index (Phi) is 2.79. The number of halogens is 2. The van der Waals surface area contributed by atoms with Crippen molar-refractivity contribution in [3.05, 3.63) is 71.6 Å². The highest BCUT2D eigenvalue weighted by Crippen LogP contribution is 2.26. The van der Waals surface area contributed by atoms with Crippen molar-refractivity contribution in [2.45, 2.75) is 6.42 Å². The second-order valence-corrected chi connectivity index (χ2v) is 5.60. The molecular formula is C18H14F2N2. The van der Waals surface area contributed by atoms with Crippen LogP contribution < -0.4 is 0 Å². The van der Waals surface area contributed by atoms with Crippen molar-refractivity contribution >= 4 is 21.8 Å². The number of aromatic amines is 1. The number of rotatable bonds is 2. The van der Waals surface area contributed by atoms with Crippen molar-refractivity contribution in [1.29, 1.82) is 0 Å². The van der Waals surface area contributed by atoms with Gasteiger partial charge in [0, 0.05) is 41.6 Å². The van der Waals surface area contributed by atoms with Crippen molar-refractivity contribution in [3.8, 4) is 0 Å². The van der Waals surface area contributed by atoms with E-state index in [1.54, 1.807) is 12.1 Å². The molecule has 0 fully saturated rings. The SMILES string of the molecule is Cn1cc(Cc2cc3cc(F)ccc3[nH]2)c2cccc(F)c21. The highest BCUT2D eigenvalue weighted by atomic mass is 19.1. The Morgan fingerprint density at radius 3 is 2.82 bits per heavy atom. The van der Waals surface area contributed by atoms with Gasteiger partial charge in [-0.3, -0.25) is 0 Å². The number of fused-ring (bicyclic) bond motifs is 2. The molecule has 22 heavy (non-hydrogen) atoms. The minimum atomic E-state index is -0.245. The van der Waals surface area contributed by atoms with Crippen LogP contribution in [-0.4, -0.2) is 9.55 Å². The first-order chi connectivity index (χ1) is 10.6. The summed E-state index contributed by atoms with van der Waals surface area (Å²) < 4.78 is 29.0. The molecule has 4 heteroatoms. The summed E-state index contributed by atoms with van der Waals surface area (Å²) in [6, 6.07) is 11.7. The normalized spacial score (nSPS) is 11.6. The molecule has 1 N–H and O–H groups in total. The van der Waals surface area contributed by atoms with Gasteiger partial charge in [-0.05, 0) is 35.9 Å². The Labute approximate surface area is 126 Å². The fraction of sp³-hybridized carbons (Fsp3) is 0.111. The quantitative estimate of drug-likeness (QED) is 0.561. The van der Waals surface area contributed by atoms with Crippen molar-refractivity contribution in [3.63, 3.8) is 0 Å². The predicted molar refractivity (Wildman–Crippen MR) is 83.9 cm³/mol. The fourth-order valence-electron chi connectivity index (χ4n) is 3.11. The summed E-state index contributed by atoms with van der Waals surface area (Å²) in [6.45, 7) is 0. The lowest BCUT2D eigenvalue weighted by Crippen LogP contribution is -1.87. The van der Waals surface area contributed by atoms with Crippen LogP contribution in [0.25, 0.3) is 21.8 Å². The monoisotopic (exact) mass is 296 g/mol. The third kappa shape index (κ3) is 1.99. The van der Waals surface area contributed by atoms with Crippen LogP contribution in [-0.2, 0) is 13.5 Å². The summed E-state index contributed by atoms with van der Waals surface area (Å²) in [5.74, 6) is -0.463. The molecule has 110 valence electrons. The van der Waals surface area contributed by atoms with Gasteiger partial charge < -0.3 is 9.55 Å². The Hall–Kier alpha value is -2.62. The summed E-state index contributed by atoms with van der Waals surface area (Å²) in [5.41, 5.74) is 3.55. The topological polar surface area (TPSA) is 20.7 Å². The molecule has 2 aromatic heterocycles. The van der Waals surface area contributed by atoms with E-state index in [4.69, 9.17) is 0 Å². The fourth-order valence-corrected chi connectivity index (χ4v) is 3.11. The standard InChI is InChI=1S/C18H14F2N2/c1-22-10-12(15-3-2-4-16(20)18(15)22)9-14-8-11-7-13(19)5-6-17(11)21-14/h2-8,10,21H,9H2,1H3. The number of nitrogens with zero attached hydrogens (tertiary/aromatic N) is 1. The average molecular weight is 296 g/mol. The molecular weight excluding hydrogens is 282 g/mol. The number of hydrogen-bond acceptors (Lipinski definition) is 0. The van der Waals surface area contributed by atoms with Gasteiger partial charge >= 0.3 is 0 Å². The summed E-state index contributed by atoms with van der Waals surface area (Å²) in [6.07, 6.45) is 2.59. The molecule has 0 unspecified atom stereocenters. The zero-order chi connectivity index (χ0) is 15.3. The lowest BCUT2D eigenvalue weighted by atomic mass is 10.1. The number of para-hydroxylation sites is 1. The molecule has 2 nitrogen and oxygen atoms in total. The van der Waals surface area contributed by atoms with E-state index in [1.807, 2.05) is 29.9 Å². The second-order valence-electron chi connectivity index (χ2n) is 5.60. The van der Waals surface area contributed by atoms with Gasteiger partial charge in [0.25, 0.3) is 0 Å². The molecule has 0 amide bonds. The van der Waals surface area contributed by atoms with E-state index >= 15 is 0 Å². The first-order valence-electron chi connectivity index (χ1n) is 7.11. The molecule has 0 spiro atoms. The van der Waals surface area contributed by atoms with Crippen LogP contribution in [0.4, 0.5) is 8.78 Å². The minimum absolute atomic E-state index is 0.218. The number of nitrogens with one attached hydrogen (secondary N) is 1. The first kappa shape index (κ1) is 13.1. The maximum Gasteiger partial charge on any atom is 0.147 e. The molecule has 4 rings (SSSR count). The van der Waals surface area contributed by atoms with Crippen molar-refractivity contribution in [2.75, 3.05) is 0 Å². The third-order valence-electron chi connectivity index (χ3n) is 4.05. The lowest BCUT2D eigenvalue weighted by molar-refractivity contribution is 0.629. The van der Waals surface area contributed by atoms with E-state index in [-0.39, 0.29) is 11.6 Å². The highest BCUT2D eigenvalue weighted by Gasteiger charge is 2.12. The van der Waals surface area contributed by atoms with Gasteiger partial charge in [-0.2, -0.15) is 0 Å². The van der Waals surface area contributed by atoms with Gasteiger partial charge in [0.15, 0.2) is 0 Å². The summed E-state index contributed by atoms with van der Waals surface area (Å²) in [5, 5.41) is 1.76. The van der Waals surface area contributed by atoms with Gasteiger partial charge in [-0.1, -0.05) is 12.1 Å². The van der Waals surface area contributed by atoms with Crippen molar-refractivity contribution < 1.29 is 8.78 Å². The zero-order valence-electron chi connectivity index (χ0n) is 12.0. The van der Waals surface area contributed by atoms with Gasteiger partial charge in [0.1, 0.15) is 11.6 Å². The van der Waals surface area contributed by atoms with Crippen LogP contribution in [0, 0.1) is 11.6 Å². The van der Waals surface area contributed by atoms with Crippen LogP contribution in [0.3, 0.4) is 0 Å². The molecule has 2 heterocycles. The van der Waals surface area contributed by atoms with Gasteiger partial charge in [0.05, 0.1) is 5.52 Å². The Morgan fingerprint density at radius 2 is 1.95 bits per heavy atom. The molecule has 4 aromatic rings. The van der Waals surface area contributed by atoms with E-state index in [9.17, 15) is 8.78 Å². The van der Waals surface area contributed by atoms with Crippen LogP contribution in [0.5, 0.6) is 0 Å². The molecule has 0 saturated carbocycles. The summed E-state index contributed by atoms with van der Waals surface area (Å²) in [4.78, 5) is 3.29. The maximum absolute atomic E-state index is 13.9. The van der Waals surface area contributed by atoms with Gasteiger partial charge in [0.2, 0.25) is 0 Å². The molecule has 0 radical (unpaired) electrons. The highest BCUT2D eigenvalue weighted by molar-refractivity contribution is 5.85. The minimum Gasteiger partial charge on any atom is -0.358 e. The molecule has 0 atom stereocenters. The number of benzene rings is 2. The van der Waals surface area contributed by atoms with Crippen LogP contribution in [0.15, 0.2) is 48.7 Å². The second kappa shape index (κ2) is 4.70. The molecule has 0 saturated heterocycles. The van der Waals surface area contributed by atoms with E-state index in [1.165, 1.54) is 18.2 Å². The number of hydrogen-bond donors (Lipinski definition) is 1. The molecule has 2 aromatic carbocycles. The molecule has 0 aliphatic carbocycles. The van der Waals surface area contributed by atoms with Crippen molar-refractivity contribution in [2.24, 2.45) is 7.05 Å². The maximum atomic E-state index is 13.9. The lowest BCUT2D eigenvalue weighted by Gasteiger charge is -1.98. The van der Waals surface area contributed by atoms with Gasteiger partial charge in [-0.15, -0.1) is 0 Å². The number of aromatic nitrogens is 2. The average Bonchev–Trinajstić information content (AvgIpc) is 3.01. The van der Waals surface area contributed by atoms with E-state index in [0.29, 0.717) is 11.9 Å². The third-order valence-corrected chi connectivity index (χ3v) is 4.05. The summed E-state index contributed by atoms with van der Waals surface area (Å²) in [7, 11) is 1.84. The smallest absolute Gasteiger partial charge is 0.147 e. The van der Waals surface area contributed by atoms with Crippen molar-refractivity contribution in [1.82, 2.24) is 9.55 Å². The Morgan fingerprint density at radius 1 is 1.09 bits per heavy atom. The van der Waals surface area contributed by atoms with E-state index in [2.05, 4.69) is 4.98 Å². The predicted octanol–water partition coefficient (Wildman–Crippen LogP) is 4.53. The molecule has 0 bridgehead atoms. The number of aryl methyl sites for hydroxylation is 1. The van der Waals surface area contributed by atoms with E-state index < -0.39 is 0 Å².